The van der Waals surface area contributed by atoms with Crippen molar-refractivity contribution in [2.75, 3.05) is 12.4 Å². The van der Waals surface area contributed by atoms with E-state index < -0.39 is 5.97 Å². The maximum absolute atomic E-state index is 11.2. The standard InChI is InChI=1S/C13H14N2O3/c1-9-3-4-14-7-12(9)15-6-11-5-10(8-18-11)13(16)17-2/h3-5,7-8,15H,6H2,1-2H3. The number of rotatable bonds is 4. The summed E-state index contributed by atoms with van der Waals surface area (Å²) < 4.78 is 9.87. The lowest BCUT2D eigenvalue weighted by Crippen LogP contribution is -2.01. The number of ether oxygens (including phenoxy) is 1. The molecule has 0 amide bonds. The van der Waals surface area contributed by atoms with E-state index in [9.17, 15) is 4.79 Å². The summed E-state index contributed by atoms with van der Waals surface area (Å²) in [5.41, 5.74) is 2.45. The lowest BCUT2D eigenvalue weighted by molar-refractivity contribution is 0.0600. The molecule has 18 heavy (non-hydrogen) atoms. The average Bonchev–Trinajstić information content (AvgIpc) is 2.86. The normalized spacial score (nSPS) is 10.1. The number of nitrogens with one attached hydrogen (secondary N) is 1. The third kappa shape index (κ3) is 2.68. The fraction of sp³-hybridized carbons (Fsp3) is 0.231. The molecule has 0 spiro atoms. The Labute approximate surface area is 105 Å². The summed E-state index contributed by atoms with van der Waals surface area (Å²) in [7, 11) is 1.34. The number of methoxy groups -OCH3 is 1. The van der Waals surface area contributed by atoms with Gasteiger partial charge in [-0.3, -0.25) is 4.98 Å². The van der Waals surface area contributed by atoms with Crippen LogP contribution in [-0.4, -0.2) is 18.1 Å². The van der Waals surface area contributed by atoms with E-state index in [0.29, 0.717) is 17.9 Å². The van der Waals surface area contributed by atoms with Gasteiger partial charge in [0.05, 0.1) is 31.1 Å². The van der Waals surface area contributed by atoms with Gasteiger partial charge in [0.2, 0.25) is 0 Å². The second kappa shape index (κ2) is 5.35. The fourth-order valence-corrected chi connectivity index (χ4v) is 1.53. The van der Waals surface area contributed by atoms with Gasteiger partial charge in [0.1, 0.15) is 12.0 Å². The molecule has 5 nitrogen and oxygen atoms in total. The predicted octanol–water partition coefficient (Wildman–Crippen LogP) is 2.38. The molecule has 0 aliphatic heterocycles. The Morgan fingerprint density at radius 1 is 1.56 bits per heavy atom. The maximum atomic E-state index is 11.2. The summed E-state index contributed by atoms with van der Waals surface area (Å²) in [5.74, 6) is 0.265. The zero-order chi connectivity index (χ0) is 13.0. The molecule has 0 unspecified atom stereocenters. The van der Waals surface area contributed by atoms with E-state index in [4.69, 9.17) is 4.42 Å². The van der Waals surface area contributed by atoms with E-state index in [0.717, 1.165) is 11.3 Å². The Hall–Kier alpha value is -2.30. The highest BCUT2D eigenvalue weighted by atomic mass is 16.5. The molecule has 2 heterocycles. The van der Waals surface area contributed by atoms with Gasteiger partial charge in [-0.05, 0) is 24.6 Å². The van der Waals surface area contributed by atoms with Crippen LogP contribution in [0.1, 0.15) is 21.7 Å². The number of aromatic nitrogens is 1. The van der Waals surface area contributed by atoms with Crippen molar-refractivity contribution in [1.82, 2.24) is 4.98 Å². The van der Waals surface area contributed by atoms with Gasteiger partial charge in [-0.2, -0.15) is 0 Å². The Bertz CT molecular complexity index is 549. The zero-order valence-electron chi connectivity index (χ0n) is 10.3. The van der Waals surface area contributed by atoms with Crippen LogP contribution in [0.25, 0.3) is 0 Å². The number of hydrogen-bond acceptors (Lipinski definition) is 5. The number of esters is 1. The quantitative estimate of drug-likeness (QED) is 0.839. The first-order chi connectivity index (χ1) is 8.70. The third-order valence-electron chi connectivity index (χ3n) is 2.57. The lowest BCUT2D eigenvalue weighted by atomic mass is 10.2. The summed E-state index contributed by atoms with van der Waals surface area (Å²) in [5, 5.41) is 3.19. The van der Waals surface area contributed by atoms with E-state index in [1.54, 1.807) is 18.5 Å². The second-order valence-electron chi connectivity index (χ2n) is 3.84. The van der Waals surface area contributed by atoms with Crippen molar-refractivity contribution >= 4 is 11.7 Å². The van der Waals surface area contributed by atoms with Crippen molar-refractivity contribution in [3.05, 3.63) is 47.7 Å². The highest BCUT2D eigenvalue weighted by molar-refractivity contribution is 5.88. The van der Waals surface area contributed by atoms with Gasteiger partial charge in [-0.1, -0.05) is 0 Å². The Kier molecular flexibility index (Phi) is 3.62. The van der Waals surface area contributed by atoms with Crippen LogP contribution in [0.5, 0.6) is 0 Å². The number of carbonyl (C=O) groups excluding carboxylic acids is 1. The van der Waals surface area contributed by atoms with Gasteiger partial charge in [-0.15, -0.1) is 0 Å². The number of furan rings is 1. The number of hydrogen-bond donors (Lipinski definition) is 1. The monoisotopic (exact) mass is 246 g/mol. The number of anilines is 1. The third-order valence-corrected chi connectivity index (χ3v) is 2.57. The summed E-state index contributed by atoms with van der Waals surface area (Å²) >= 11 is 0. The first-order valence-electron chi connectivity index (χ1n) is 5.51. The molecule has 0 bridgehead atoms. The van der Waals surface area contributed by atoms with E-state index in [2.05, 4.69) is 15.0 Å². The first-order valence-corrected chi connectivity index (χ1v) is 5.51. The molecule has 0 aromatic carbocycles. The van der Waals surface area contributed by atoms with Crippen molar-refractivity contribution < 1.29 is 13.9 Å². The Balaban J connectivity index is 2.01. The minimum atomic E-state index is -0.400. The van der Waals surface area contributed by atoms with Gasteiger partial charge < -0.3 is 14.5 Å². The van der Waals surface area contributed by atoms with E-state index >= 15 is 0 Å². The topological polar surface area (TPSA) is 64.4 Å². The SMILES string of the molecule is COC(=O)c1coc(CNc2cnccc2C)c1. The number of aryl methyl sites for hydroxylation is 1. The van der Waals surface area contributed by atoms with Crippen molar-refractivity contribution in [2.24, 2.45) is 0 Å². The van der Waals surface area contributed by atoms with Gasteiger partial charge in [-0.25, -0.2) is 4.79 Å². The van der Waals surface area contributed by atoms with Crippen molar-refractivity contribution in [3.63, 3.8) is 0 Å². The minimum Gasteiger partial charge on any atom is -0.467 e. The maximum Gasteiger partial charge on any atom is 0.341 e. The fourth-order valence-electron chi connectivity index (χ4n) is 1.53. The summed E-state index contributed by atoms with van der Waals surface area (Å²) in [6.07, 6.45) is 4.88. The molecular formula is C13H14N2O3. The molecule has 0 radical (unpaired) electrons. The van der Waals surface area contributed by atoms with Gasteiger partial charge in [0.15, 0.2) is 0 Å². The van der Waals surface area contributed by atoms with Crippen LogP contribution in [0.15, 0.2) is 35.2 Å². The highest BCUT2D eigenvalue weighted by Crippen LogP contribution is 2.15. The summed E-state index contributed by atoms with van der Waals surface area (Å²) in [6.45, 7) is 2.48. The molecule has 0 atom stereocenters. The number of nitrogens with zero attached hydrogens (tertiary/aromatic N) is 1. The lowest BCUT2D eigenvalue weighted by Gasteiger charge is -2.06. The van der Waals surface area contributed by atoms with Crippen molar-refractivity contribution in [3.8, 4) is 0 Å². The number of pyridine rings is 1. The molecule has 0 saturated carbocycles. The van der Waals surface area contributed by atoms with Crippen LogP contribution >= 0.6 is 0 Å². The van der Waals surface area contributed by atoms with Gasteiger partial charge in [0, 0.05) is 6.20 Å². The van der Waals surface area contributed by atoms with E-state index in [1.165, 1.54) is 13.4 Å². The van der Waals surface area contributed by atoms with Crippen LogP contribution in [-0.2, 0) is 11.3 Å². The molecule has 0 aliphatic rings. The van der Waals surface area contributed by atoms with Crippen LogP contribution in [0.3, 0.4) is 0 Å². The first kappa shape index (κ1) is 12.2. The van der Waals surface area contributed by atoms with Crippen molar-refractivity contribution in [1.29, 1.82) is 0 Å². The smallest absolute Gasteiger partial charge is 0.341 e. The molecular weight excluding hydrogens is 232 g/mol. The van der Waals surface area contributed by atoms with Gasteiger partial charge in [0.25, 0.3) is 0 Å². The van der Waals surface area contributed by atoms with E-state index in [1.807, 2.05) is 13.0 Å². The molecule has 94 valence electrons. The predicted molar refractivity (Wildman–Crippen MR) is 66.3 cm³/mol. The number of carbonyl (C=O) groups is 1. The molecule has 2 aromatic heterocycles. The highest BCUT2D eigenvalue weighted by Gasteiger charge is 2.10. The van der Waals surface area contributed by atoms with Crippen LogP contribution in [0.2, 0.25) is 0 Å². The van der Waals surface area contributed by atoms with E-state index in [-0.39, 0.29) is 0 Å². The van der Waals surface area contributed by atoms with Gasteiger partial charge >= 0.3 is 5.97 Å². The largest absolute Gasteiger partial charge is 0.467 e. The Morgan fingerprint density at radius 3 is 3.11 bits per heavy atom. The minimum absolute atomic E-state index is 0.400. The van der Waals surface area contributed by atoms with Crippen LogP contribution in [0, 0.1) is 6.92 Å². The summed E-state index contributed by atoms with van der Waals surface area (Å²) in [4.78, 5) is 15.3. The molecule has 5 heteroatoms. The molecule has 1 N–H and O–H groups in total. The second-order valence-corrected chi connectivity index (χ2v) is 3.84. The molecule has 0 fully saturated rings. The van der Waals surface area contributed by atoms with Crippen molar-refractivity contribution in [2.45, 2.75) is 13.5 Å². The molecule has 2 aromatic rings. The average molecular weight is 246 g/mol. The Morgan fingerprint density at radius 2 is 2.39 bits per heavy atom. The summed E-state index contributed by atoms with van der Waals surface area (Å²) in [6, 6.07) is 3.58. The zero-order valence-corrected chi connectivity index (χ0v) is 10.3. The van der Waals surface area contributed by atoms with Crippen LogP contribution < -0.4 is 5.32 Å². The molecule has 0 aliphatic carbocycles. The molecule has 2 rings (SSSR count). The van der Waals surface area contributed by atoms with Crippen LogP contribution in [0.4, 0.5) is 5.69 Å². The molecule has 0 saturated heterocycles.